The number of anilines is 1. The molecule has 6 nitrogen and oxygen atoms in total. The second kappa shape index (κ2) is 11.4. The number of carbonyl (C=O) groups is 2. The first-order chi connectivity index (χ1) is 14.7. The quantitative estimate of drug-likeness (QED) is 0.569. The molecule has 2 N–H and O–H groups in total. The van der Waals surface area contributed by atoms with Gasteiger partial charge in [-0.25, -0.2) is 0 Å². The number of rotatable bonds is 10. The van der Waals surface area contributed by atoms with Crippen molar-refractivity contribution in [2.45, 2.75) is 45.1 Å². The fourth-order valence-electron chi connectivity index (χ4n) is 3.33. The molecule has 3 rings (SSSR count). The number of carbonyl (C=O) groups excluding carboxylic acids is 2. The third-order valence-corrected chi connectivity index (χ3v) is 5.06. The summed E-state index contributed by atoms with van der Waals surface area (Å²) < 4.78 is 11.3. The summed E-state index contributed by atoms with van der Waals surface area (Å²) in [7, 11) is 0. The third kappa shape index (κ3) is 6.32. The Bertz CT molecular complexity index is 829. The molecular weight excluding hydrogens is 380 g/mol. The number of nitrogens with one attached hydrogen (secondary N) is 2. The van der Waals surface area contributed by atoms with Crippen molar-refractivity contribution in [2.24, 2.45) is 0 Å². The Kier molecular flexibility index (Phi) is 8.27. The molecule has 1 atom stereocenters. The predicted octanol–water partition coefficient (Wildman–Crippen LogP) is 4.42. The fourth-order valence-corrected chi connectivity index (χ4v) is 3.33. The minimum absolute atomic E-state index is 0.108. The first-order valence-electron chi connectivity index (χ1n) is 10.7. The van der Waals surface area contributed by atoms with Crippen LogP contribution in [0.25, 0.3) is 0 Å². The Morgan fingerprint density at radius 3 is 2.60 bits per heavy atom. The molecule has 0 saturated carbocycles. The number of unbranched alkanes of at least 4 members (excludes halogenated alkanes) is 2. The van der Waals surface area contributed by atoms with Crippen molar-refractivity contribution in [3.05, 3.63) is 59.7 Å². The summed E-state index contributed by atoms with van der Waals surface area (Å²) in [6.07, 6.45) is 5.31. The van der Waals surface area contributed by atoms with Gasteiger partial charge in [0.05, 0.1) is 18.3 Å². The van der Waals surface area contributed by atoms with E-state index in [0.717, 1.165) is 38.7 Å². The first-order valence-corrected chi connectivity index (χ1v) is 10.7. The van der Waals surface area contributed by atoms with E-state index in [9.17, 15) is 9.59 Å². The molecule has 0 bridgehead atoms. The molecule has 30 heavy (non-hydrogen) atoms. The molecule has 160 valence electrons. The topological polar surface area (TPSA) is 76.7 Å². The molecular formula is C24H30N2O4. The van der Waals surface area contributed by atoms with Gasteiger partial charge in [-0.05, 0) is 55.7 Å². The van der Waals surface area contributed by atoms with E-state index in [2.05, 4.69) is 17.6 Å². The van der Waals surface area contributed by atoms with Crippen LogP contribution in [0.5, 0.6) is 5.75 Å². The van der Waals surface area contributed by atoms with Crippen LogP contribution in [-0.4, -0.2) is 37.7 Å². The zero-order valence-electron chi connectivity index (χ0n) is 17.5. The van der Waals surface area contributed by atoms with E-state index in [1.54, 1.807) is 30.3 Å². The molecule has 0 aromatic heterocycles. The van der Waals surface area contributed by atoms with Gasteiger partial charge in [0.1, 0.15) is 5.75 Å². The summed E-state index contributed by atoms with van der Waals surface area (Å²) in [5.74, 6) is 0.196. The summed E-state index contributed by atoms with van der Waals surface area (Å²) in [5, 5.41) is 5.77. The van der Waals surface area contributed by atoms with E-state index in [0.29, 0.717) is 35.7 Å². The van der Waals surface area contributed by atoms with E-state index >= 15 is 0 Å². The Balaban J connectivity index is 1.54. The summed E-state index contributed by atoms with van der Waals surface area (Å²) >= 11 is 0. The average molecular weight is 411 g/mol. The highest BCUT2D eigenvalue weighted by Crippen LogP contribution is 2.20. The van der Waals surface area contributed by atoms with Crippen molar-refractivity contribution in [2.75, 3.05) is 25.1 Å². The van der Waals surface area contributed by atoms with E-state index in [1.165, 1.54) is 0 Å². The zero-order valence-corrected chi connectivity index (χ0v) is 17.5. The molecule has 2 aromatic carbocycles. The molecule has 1 aliphatic heterocycles. The maximum atomic E-state index is 12.7. The number of ether oxygens (including phenoxy) is 2. The highest BCUT2D eigenvalue weighted by Gasteiger charge is 2.17. The summed E-state index contributed by atoms with van der Waals surface area (Å²) in [4.78, 5) is 25.0. The van der Waals surface area contributed by atoms with Gasteiger partial charge in [0.15, 0.2) is 0 Å². The summed E-state index contributed by atoms with van der Waals surface area (Å²) in [6.45, 7) is 4.02. The number of hydrogen-bond acceptors (Lipinski definition) is 4. The van der Waals surface area contributed by atoms with E-state index < -0.39 is 0 Å². The smallest absolute Gasteiger partial charge is 0.259 e. The van der Waals surface area contributed by atoms with Crippen LogP contribution in [0.4, 0.5) is 5.69 Å². The number of benzene rings is 2. The lowest BCUT2D eigenvalue weighted by Crippen LogP contribution is -2.31. The van der Waals surface area contributed by atoms with Gasteiger partial charge in [0.2, 0.25) is 0 Å². The molecule has 0 spiro atoms. The van der Waals surface area contributed by atoms with Crippen LogP contribution in [0.15, 0.2) is 48.5 Å². The average Bonchev–Trinajstić information content (AvgIpc) is 3.29. The Hall–Kier alpha value is -2.86. The van der Waals surface area contributed by atoms with Crippen molar-refractivity contribution >= 4 is 17.5 Å². The fraction of sp³-hybridized carbons (Fsp3) is 0.417. The van der Waals surface area contributed by atoms with Gasteiger partial charge < -0.3 is 20.1 Å². The molecule has 1 heterocycles. The minimum atomic E-state index is -0.239. The first kappa shape index (κ1) is 21.8. The summed E-state index contributed by atoms with van der Waals surface area (Å²) in [5.41, 5.74) is 1.66. The van der Waals surface area contributed by atoms with Gasteiger partial charge in [-0.2, -0.15) is 0 Å². The van der Waals surface area contributed by atoms with Crippen molar-refractivity contribution < 1.29 is 19.1 Å². The Labute approximate surface area is 178 Å². The number of para-hydroxylation sites is 1. The molecule has 1 saturated heterocycles. The zero-order chi connectivity index (χ0) is 21.2. The van der Waals surface area contributed by atoms with E-state index in [4.69, 9.17) is 9.47 Å². The van der Waals surface area contributed by atoms with Gasteiger partial charge in [0, 0.05) is 24.4 Å². The lowest BCUT2D eigenvalue weighted by molar-refractivity contribution is 0.0857. The molecule has 0 radical (unpaired) electrons. The van der Waals surface area contributed by atoms with E-state index in [1.807, 2.05) is 18.2 Å². The largest absolute Gasteiger partial charge is 0.493 e. The molecule has 0 aliphatic carbocycles. The number of amides is 2. The van der Waals surface area contributed by atoms with Gasteiger partial charge in [-0.1, -0.05) is 31.9 Å². The lowest BCUT2D eigenvalue weighted by Gasteiger charge is -2.12. The van der Waals surface area contributed by atoms with Crippen LogP contribution in [0.1, 0.15) is 59.7 Å². The van der Waals surface area contributed by atoms with Crippen LogP contribution >= 0.6 is 0 Å². The monoisotopic (exact) mass is 410 g/mol. The lowest BCUT2D eigenvalue weighted by atomic mass is 10.1. The Morgan fingerprint density at radius 2 is 1.87 bits per heavy atom. The van der Waals surface area contributed by atoms with Gasteiger partial charge in [0.25, 0.3) is 11.8 Å². The van der Waals surface area contributed by atoms with Crippen LogP contribution in [-0.2, 0) is 4.74 Å². The normalized spacial score (nSPS) is 15.6. The predicted molar refractivity (Wildman–Crippen MR) is 117 cm³/mol. The molecule has 2 aromatic rings. The molecule has 1 unspecified atom stereocenters. The van der Waals surface area contributed by atoms with Gasteiger partial charge in [-0.3, -0.25) is 9.59 Å². The number of hydrogen-bond donors (Lipinski definition) is 2. The minimum Gasteiger partial charge on any atom is -0.493 e. The van der Waals surface area contributed by atoms with Crippen LogP contribution in [0.2, 0.25) is 0 Å². The van der Waals surface area contributed by atoms with Gasteiger partial charge >= 0.3 is 0 Å². The highest BCUT2D eigenvalue weighted by atomic mass is 16.5. The molecule has 6 heteroatoms. The van der Waals surface area contributed by atoms with Crippen molar-refractivity contribution in [3.63, 3.8) is 0 Å². The molecule has 2 amide bonds. The SMILES string of the molecule is CCCCCOc1ccccc1C(=O)Nc1ccc(C(=O)NCC2CCCO2)cc1. The summed E-state index contributed by atoms with van der Waals surface area (Å²) in [6, 6.07) is 14.1. The third-order valence-electron chi connectivity index (χ3n) is 5.06. The highest BCUT2D eigenvalue weighted by molar-refractivity contribution is 6.06. The van der Waals surface area contributed by atoms with Crippen molar-refractivity contribution in [3.8, 4) is 5.75 Å². The Morgan fingerprint density at radius 1 is 1.07 bits per heavy atom. The molecule has 1 aliphatic rings. The van der Waals surface area contributed by atoms with Crippen LogP contribution in [0.3, 0.4) is 0 Å². The van der Waals surface area contributed by atoms with Crippen molar-refractivity contribution in [1.29, 1.82) is 0 Å². The maximum absolute atomic E-state index is 12.7. The van der Waals surface area contributed by atoms with Crippen molar-refractivity contribution in [1.82, 2.24) is 5.32 Å². The second-order valence-electron chi connectivity index (χ2n) is 7.43. The second-order valence-corrected chi connectivity index (χ2v) is 7.43. The maximum Gasteiger partial charge on any atom is 0.259 e. The van der Waals surface area contributed by atoms with Gasteiger partial charge in [-0.15, -0.1) is 0 Å². The van der Waals surface area contributed by atoms with Crippen LogP contribution in [0, 0.1) is 0 Å². The van der Waals surface area contributed by atoms with Crippen LogP contribution < -0.4 is 15.4 Å². The standard InChI is InChI=1S/C24H30N2O4/c1-2-3-6-15-30-22-10-5-4-9-21(22)24(28)26-19-13-11-18(12-14-19)23(27)25-17-20-8-7-16-29-20/h4-5,9-14,20H,2-3,6-8,15-17H2,1H3,(H,25,27)(H,26,28). The van der Waals surface area contributed by atoms with E-state index in [-0.39, 0.29) is 17.9 Å². The molecule has 1 fully saturated rings.